The number of amides is 3. The molecule has 2 fully saturated rings. The number of aliphatic hydroxyl groups excluding tert-OH is 1. The minimum absolute atomic E-state index is 0.00893. The monoisotopic (exact) mass is 578 g/mol. The van der Waals surface area contributed by atoms with Crippen LogP contribution in [0.1, 0.15) is 30.0 Å². The number of hydrogen-bond donors (Lipinski definition) is 4. The van der Waals surface area contributed by atoms with E-state index in [1.165, 1.54) is 0 Å². The number of benzene rings is 2. The zero-order chi connectivity index (χ0) is 29.1. The first-order valence-corrected chi connectivity index (χ1v) is 17.4. The van der Waals surface area contributed by atoms with E-state index in [2.05, 4.69) is 10.6 Å². The molecule has 0 saturated carbocycles. The van der Waals surface area contributed by atoms with Crippen LogP contribution in [0.25, 0.3) is 0 Å². The van der Waals surface area contributed by atoms with E-state index in [0.29, 0.717) is 43.0 Å². The van der Waals surface area contributed by atoms with Crippen molar-refractivity contribution >= 4 is 37.4 Å². The lowest BCUT2D eigenvalue weighted by molar-refractivity contribution is -0.149. The van der Waals surface area contributed by atoms with Gasteiger partial charge in [-0.3, -0.25) is 14.4 Å². The molecule has 11 heteroatoms. The zero-order valence-corrected chi connectivity index (χ0v) is 24.7. The largest absolute Gasteiger partial charge is 0.432 e. The summed E-state index contributed by atoms with van der Waals surface area (Å²) in [5.41, 5.74) is 2.32. The first kappa shape index (κ1) is 28.0. The molecular formula is C30H38N4O6Si. The van der Waals surface area contributed by atoms with Crippen LogP contribution in [-0.2, 0) is 37.7 Å². The van der Waals surface area contributed by atoms with Gasteiger partial charge in [0, 0.05) is 48.0 Å². The van der Waals surface area contributed by atoms with Crippen molar-refractivity contribution in [1.29, 1.82) is 0 Å². The molecule has 0 aromatic heterocycles. The number of ether oxygens (including phenoxy) is 1. The third-order valence-corrected chi connectivity index (χ3v) is 11.9. The molecule has 3 amide bonds. The van der Waals surface area contributed by atoms with Gasteiger partial charge in [0.1, 0.15) is 0 Å². The van der Waals surface area contributed by atoms with Crippen molar-refractivity contribution in [3.63, 3.8) is 0 Å². The first-order chi connectivity index (χ1) is 19.5. The molecular weight excluding hydrogens is 540 g/mol. The molecule has 6 rings (SSSR count). The lowest BCUT2D eigenvalue weighted by atomic mass is 9.82. The van der Waals surface area contributed by atoms with Crippen LogP contribution < -0.4 is 15.5 Å². The van der Waals surface area contributed by atoms with Gasteiger partial charge in [-0.1, -0.05) is 31.2 Å². The molecule has 4 aliphatic heterocycles. The first-order valence-electron chi connectivity index (χ1n) is 14.4. The summed E-state index contributed by atoms with van der Waals surface area (Å²) in [6.45, 7) is 7.25. The quantitative estimate of drug-likeness (QED) is 0.397. The van der Waals surface area contributed by atoms with Crippen LogP contribution in [0.15, 0.2) is 42.5 Å². The van der Waals surface area contributed by atoms with Gasteiger partial charge in [0.2, 0.25) is 11.8 Å². The molecule has 4 heterocycles. The number of carbonyl (C=O) groups is 3. The molecule has 0 unspecified atom stereocenters. The summed E-state index contributed by atoms with van der Waals surface area (Å²) in [7, 11) is -2.95. The van der Waals surface area contributed by atoms with E-state index in [1.807, 2.05) is 56.4 Å². The van der Waals surface area contributed by atoms with Crippen LogP contribution in [-0.4, -0.2) is 79.2 Å². The van der Waals surface area contributed by atoms with E-state index in [4.69, 9.17) is 4.74 Å². The summed E-state index contributed by atoms with van der Waals surface area (Å²) in [6.07, 6.45) is -0.135. The molecule has 0 aliphatic carbocycles. The van der Waals surface area contributed by atoms with Gasteiger partial charge in [-0.25, -0.2) is 0 Å². The highest BCUT2D eigenvalue weighted by Crippen LogP contribution is 2.58. The minimum atomic E-state index is -2.95. The van der Waals surface area contributed by atoms with Gasteiger partial charge >= 0.3 is 0 Å². The van der Waals surface area contributed by atoms with Gasteiger partial charge in [0.05, 0.1) is 31.7 Å². The van der Waals surface area contributed by atoms with Crippen LogP contribution in [0, 0.1) is 5.92 Å². The molecule has 41 heavy (non-hydrogen) atoms. The lowest BCUT2D eigenvalue weighted by Crippen LogP contribution is -2.48. The Morgan fingerprint density at radius 2 is 1.93 bits per heavy atom. The van der Waals surface area contributed by atoms with Crippen molar-refractivity contribution in [3.8, 4) is 0 Å². The van der Waals surface area contributed by atoms with E-state index in [1.54, 1.807) is 15.9 Å². The van der Waals surface area contributed by atoms with Crippen LogP contribution in [0.3, 0.4) is 0 Å². The summed E-state index contributed by atoms with van der Waals surface area (Å²) < 4.78 is 6.71. The third-order valence-electron chi connectivity index (χ3n) is 9.39. The third kappa shape index (κ3) is 4.60. The SMILES string of the molecule is C[C@@H]1[C@@H]([Si](C)(C)O)[C@H](CC(=O)N2Cc3ccccc3C[C@H]2CO)O[C@@]12C(=O)Nc1ccc(N3CCNCC3=O)cc12. The standard InChI is InChI=1S/C30H38N4O6Si/c1-18-28(41(2,3)39)25(14-26(36)34-16-20-7-5-4-6-19(20)12-22(34)17-35)40-30(18)23-13-21(8-9-24(23)32-29(30)38)33-11-10-31-15-27(33)37/h4-9,13,18,22,25,28,31,35,39H,10-12,14-17H2,1-3H3,(H,32,38)/t18-,22+,25+,28-,30+/m1/s1. The van der Waals surface area contributed by atoms with Gasteiger partial charge in [-0.2, -0.15) is 0 Å². The number of nitrogens with zero attached hydrogens (tertiary/aromatic N) is 2. The van der Waals surface area contributed by atoms with Gasteiger partial charge in [0.15, 0.2) is 13.9 Å². The summed E-state index contributed by atoms with van der Waals surface area (Å²) in [5.74, 6) is -0.954. The van der Waals surface area contributed by atoms with Crippen molar-refractivity contribution in [2.45, 2.75) is 62.7 Å². The molecule has 4 aliphatic rings. The van der Waals surface area contributed by atoms with Gasteiger partial charge < -0.3 is 35.1 Å². The average Bonchev–Trinajstić information content (AvgIpc) is 3.40. The molecule has 5 atom stereocenters. The molecule has 2 aromatic rings. The Morgan fingerprint density at radius 1 is 1.17 bits per heavy atom. The zero-order valence-electron chi connectivity index (χ0n) is 23.7. The number of piperazine rings is 1. The van der Waals surface area contributed by atoms with E-state index < -0.39 is 31.5 Å². The Morgan fingerprint density at radius 3 is 2.63 bits per heavy atom. The molecule has 10 nitrogen and oxygen atoms in total. The average molecular weight is 579 g/mol. The number of fused-ring (bicyclic) bond motifs is 3. The number of aliphatic hydroxyl groups is 1. The number of rotatable bonds is 5. The number of hydrogen-bond acceptors (Lipinski definition) is 7. The van der Waals surface area contributed by atoms with Crippen molar-refractivity contribution in [3.05, 3.63) is 59.2 Å². The normalized spacial score (nSPS) is 29.5. The highest BCUT2D eigenvalue weighted by atomic mass is 28.4. The molecule has 1 spiro atoms. The molecule has 218 valence electrons. The highest BCUT2D eigenvalue weighted by Gasteiger charge is 2.65. The summed E-state index contributed by atoms with van der Waals surface area (Å²) in [4.78, 5) is 55.1. The minimum Gasteiger partial charge on any atom is -0.432 e. The second-order valence-corrected chi connectivity index (χ2v) is 16.3. The van der Waals surface area contributed by atoms with Crippen LogP contribution >= 0.6 is 0 Å². The van der Waals surface area contributed by atoms with Gasteiger partial charge in [0.25, 0.3) is 5.91 Å². The summed E-state index contributed by atoms with van der Waals surface area (Å²) in [6, 6.07) is 13.1. The highest BCUT2D eigenvalue weighted by molar-refractivity contribution is 6.71. The summed E-state index contributed by atoms with van der Waals surface area (Å²) >= 11 is 0. The van der Waals surface area contributed by atoms with E-state index in [0.717, 1.165) is 11.1 Å². The maximum Gasteiger partial charge on any atom is 0.261 e. The van der Waals surface area contributed by atoms with Crippen molar-refractivity contribution in [2.75, 3.05) is 36.5 Å². The molecule has 0 bridgehead atoms. The fraction of sp³-hybridized carbons (Fsp3) is 0.500. The number of carbonyl (C=O) groups excluding carboxylic acids is 3. The predicted molar refractivity (Wildman–Crippen MR) is 156 cm³/mol. The fourth-order valence-corrected chi connectivity index (χ4v) is 10.0. The van der Waals surface area contributed by atoms with Crippen molar-refractivity contribution in [1.82, 2.24) is 10.2 Å². The van der Waals surface area contributed by atoms with Gasteiger partial charge in [-0.15, -0.1) is 0 Å². The molecule has 2 aromatic carbocycles. The maximum absolute atomic E-state index is 13.9. The maximum atomic E-state index is 13.9. The Kier molecular flexibility index (Phi) is 7.06. The van der Waals surface area contributed by atoms with Crippen molar-refractivity contribution in [2.24, 2.45) is 5.92 Å². The second kappa shape index (κ2) is 10.3. The molecule has 4 N–H and O–H groups in total. The smallest absolute Gasteiger partial charge is 0.261 e. The fourth-order valence-electron chi connectivity index (χ4n) is 7.46. The lowest BCUT2D eigenvalue weighted by Gasteiger charge is -2.37. The predicted octanol–water partition coefficient (Wildman–Crippen LogP) is 1.71. The second-order valence-electron chi connectivity index (χ2n) is 12.3. The number of anilines is 2. The Labute approximate surface area is 240 Å². The number of nitrogens with one attached hydrogen (secondary N) is 2. The Balaban J connectivity index is 1.33. The van der Waals surface area contributed by atoms with E-state index in [9.17, 15) is 24.3 Å². The van der Waals surface area contributed by atoms with Gasteiger partial charge in [-0.05, 0) is 48.8 Å². The molecule has 2 saturated heterocycles. The van der Waals surface area contributed by atoms with Crippen LogP contribution in [0.4, 0.5) is 11.4 Å². The summed E-state index contributed by atoms with van der Waals surface area (Å²) in [5, 5.41) is 16.2. The van der Waals surface area contributed by atoms with Crippen LogP contribution in [0.2, 0.25) is 18.6 Å². The van der Waals surface area contributed by atoms with E-state index >= 15 is 0 Å². The molecule has 0 radical (unpaired) electrons. The van der Waals surface area contributed by atoms with Crippen molar-refractivity contribution < 1.29 is 29.0 Å². The topological polar surface area (TPSA) is 131 Å². The Bertz CT molecular complexity index is 1400. The Hall–Kier alpha value is -3.09. The van der Waals surface area contributed by atoms with E-state index in [-0.39, 0.29) is 43.3 Å². The van der Waals surface area contributed by atoms with Crippen LogP contribution in [0.5, 0.6) is 0 Å².